The Hall–Kier alpha value is -3.15. The summed E-state index contributed by atoms with van der Waals surface area (Å²) in [6.07, 6.45) is 2.01. The zero-order valence-electron chi connectivity index (χ0n) is 16.3. The molecule has 3 amide bonds. The number of hydrogen-bond acceptors (Lipinski definition) is 4. The van der Waals surface area contributed by atoms with Crippen LogP contribution in [0.5, 0.6) is 0 Å². The number of ether oxygens (including phenoxy) is 1. The molecular weight excluding hydrogens is 368 g/mol. The number of nitrogens with zero attached hydrogens (tertiary/aromatic N) is 1. The number of hydrogen-bond donors (Lipinski definition) is 1. The van der Waals surface area contributed by atoms with Gasteiger partial charge in [-0.3, -0.25) is 9.59 Å². The van der Waals surface area contributed by atoms with Gasteiger partial charge in [0.2, 0.25) is 0 Å². The van der Waals surface area contributed by atoms with Crippen LogP contribution in [0.15, 0.2) is 60.7 Å². The Morgan fingerprint density at radius 2 is 1.72 bits per heavy atom. The van der Waals surface area contributed by atoms with E-state index in [-0.39, 0.29) is 12.5 Å². The number of cyclic esters (lactones) is 1. The Morgan fingerprint density at radius 3 is 2.31 bits per heavy atom. The van der Waals surface area contributed by atoms with Gasteiger partial charge in [0.25, 0.3) is 17.4 Å². The van der Waals surface area contributed by atoms with Crippen molar-refractivity contribution in [3.05, 3.63) is 71.8 Å². The van der Waals surface area contributed by atoms with E-state index in [4.69, 9.17) is 4.74 Å². The third-order valence-corrected chi connectivity index (χ3v) is 5.79. The molecule has 2 atom stereocenters. The molecule has 2 aliphatic rings. The maximum atomic E-state index is 13.5. The van der Waals surface area contributed by atoms with E-state index in [1.807, 2.05) is 60.7 Å². The molecule has 2 aromatic rings. The molecule has 2 aromatic carbocycles. The summed E-state index contributed by atoms with van der Waals surface area (Å²) in [4.78, 5) is 40.6. The maximum absolute atomic E-state index is 13.5. The largest absolute Gasteiger partial charge is 0.422 e. The van der Waals surface area contributed by atoms with Gasteiger partial charge in [-0.05, 0) is 37.3 Å². The summed E-state index contributed by atoms with van der Waals surface area (Å²) in [7, 11) is 0. The lowest BCUT2D eigenvalue weighted by atomic mass is 9.88. The average molecular weight is 392 g/mol. The number of nitrogens with one attached hydrogen (secondary N) is 1. The van der Waals surface area contributed by atoms with Gasteiger partial charge in [0, 0.05) is 12.5 Å². The van der Waals surface area contributed by atoms with Crippen molar-refractivity contribution in [3.8, 4) is 0 Å². The van der Waals surface area contributed by atoms with Crippen molar-refractivity contribution >= 4 is 17.9 Å². The number of carbonyl (C=O) groups excluding carboxylic acids is 3. The summed E-state index contributed by atoms with van der Waals surface area (Å²) in [6, 6.07) is 17.9. The van der Waals surface area contributed by atoms with Gasteiger partial charge in [-0.15, -0.1) is 0 Å². The molecule has 0 unspecified atom stereocenters. The van der Waals surface area contributed by atoms with Crippen LogP contribution in [-0.2, 0) is 20.7 Å². The molecular formula is C23H24N2O4. The molecule has 0 radical (unpaired) electrons. The van der Waals surface area contributed by atoms with Crippen LogP contribution in [0.25, 0.3) is 0 Å². The number of carbonyl (C=O) groups is 3. The van der Waals surface area contributed by atoms with E-state index in [0.29, 0.717) is 0 Å². The van der Waals surface area contributed by atoms with Crippen molar-refractivity contribution in [3.63, 3.8) is 0 Å². The first kappa shape index (κ1) is 19.2. The van der Waals surface area contributed by atoms with E-state index in [1.165, 1.54) is 0 Å². The number of benzene rings is 2. The minimum Gasteiger partial charge on any atom is -0.422 e. The Morgan fingerprint density at radius 1 is 1.10 bits per heavy atom. The highest BCUT2D eigenvalue weighted by Gasteiger charge is 2.60. The second kappa shape index (κ2) is 7.70. The molecule has 1 saturated carbocycles. The molecule has 6 heteroatoms. The van der Waals surface area contributed by atoms with E-state index < -0.39 is 29.6 Å². The van der Waals surface area contributed by atoms with Crippen LogP contribution in [0.2, 0.25) is 0 Å². The van der Waals surface area contributed by atoms with Gasteiger partial charge in [0.15, 0.2) is 0 Å². The third kappa shape index (κ3) is 3.50. The molecule has 1 saturated heterocycles. The Bertz CT molecular complexity index is 911. The van der Waals surface area contributed by atoms with Crippen molar-refractivity contribution in [1.29, 1.82) is 0 Å². The number of rotatable bonds is 6. The fourth-order valence-corrected chi connectivity index (χ4v) is 3.81. The molecule has 4 rings (SSSR count). The molecule has 1 aliphatic heterocycles. The van der Waals surface area contributed by atoms with Gasteiger partial charge < -0.3 is 10.1 Å². The highest BCUT2D eigenvalue weighted by Crippen LogP contribution is 2.35. The Kier molecular flexibility index (Phi) is 5.09. The van der Waals surface area contributed by atoms with Crippen molar-refractivity contribution in [2.45, 2.75) is 50.3 Å². The summed E-state index contributed by atoms with van der Waals surface area (Å²) in [5, 5.41) is 2.91. The number of amides is 3. The molecule has 1 N–H and O–H groups in total. The summed E-state index contributed by atoms with van der Waals surface area (Å²) < 4.78 is 5.58. The highest BCUT2D eigenvalue weighted by molar-refractivity contribution is 6.17. The van der Waals surface area contributed by atoms with Crippen LogP contribution in [0.4, 0.5) is 4.79 Å². The van der Waals surface area contributed by atoms with Crippen molar-refractivity contribution < 1.29 is 19.1 Å². The van der Waals surface area contributed by atoms with Crippen LogP contribution >= 0.6 is 0 Å². The van der Waals surface area contributed by atoms with Crippen LogP contribution in [-0.4, -0.2) is 34.5 Å². The molecule has 2 fully saturated rings. The van der Waals surface area contributed by atoms with Crippen molar-refractivity contribution in [2.75, 3.05) is 0 Å². The first-order chi connectivity index (χ1) is 14.0. The molecule has 0 spiro atoms. The quantitative estimate of drug-likeness (QED) is 0.765. The second-order valence-corrected chi connectivity index (χ2v) is 7.72. The highest BCUT2D eigenvalue weighted by atomic mass is 16.6. The molecule has 6 nitrogen and oxygen atoms in total. The van der Waals surface area contributed by atoms with Crippen molar-refractivity contribution in [1.82, 2.24) is 10.2 Å². The second-order valence-electron chi connectivity index (χ2n) is 7.72. The minimum atomic E-state index is -1.88. The van der Waals surface area contributed by atoms with Crippen LogP contribution in [0.1, 0.15) is 43.4 Å². The fraction of sp³-hybridized carbons (Fsp3) is 0.348. The SMILES string of the molecule is C[C@H](c1ccccc1)N1C(=O)O[C@](Cc2ccccc2)(C(=O)NC2CCC2)C1=O. The first-order valence-electron chi connectivity index (χ1n) is 9.98. The Labute approximate surface area is 169 Å². The summed E-state index contributed by atoms with van der Waals surface area (Å²) in [5.74, 6) is -1.15. The minimum absolute atomic E-state index is 0.00891. The molecule has 0 bridgehead atoms. The van der Waals surface area contributed by atoms with E-state index in [2.05, 4.69) is 5.32 Å². The summed E-state index contributed by atoms with van der Waals surface area (Å²) in [6.45, 7) is 1.76. The summed E-state index contributed by atoms with van der Waals surface area (Å²) in [5.41, 5.74) is -0.323. The molecule has 0 aromatic heterocycles. The lowest BCUT2D eigenvalue weighted by molar-refractivity contribution is -0.150. The van der Waals surface area contributed by atoms with E-state index in [9.17, 15) is 14.4 Å². The monoisotopic (exact) mass is 392 g/mol. The average Bonchev–Trinajstić information content (AvgIpc) is 2.96. The van der Waals surface area contributed by atoms with Gasteiger partial charge in [-0.2, -0.15) is 0 Å². The normalized spacial score (nSPS) is 22.7. The molecule has 29 heavy (non-hydrogen) atoms. The van der Waals surface area contributed by atoms with Crippen LogP contribution in [0, 0.1) is 0 Å². The van der Waals surface area contributed by atoms with Gasteiger partial charge in [0.1, 0.15) is 0 Å². The number of imide groups is 1. The fourth-order valence-electron chi connectivity index (χ4n) is 3.81. The Balaban J connectivity index is 1.67. The first-order valence-corrected chi connectivity index (χ1v) is 9.98. The van der Waals surface area contributed by atoms with Crippen molar-refractivity contribution in [2.24, 2.45) is 0 Å². The lowest BCUT2D eigenvalue weighted by Crippen LogP contribution is -2.58. The van der Waals surface area contributed by atoms with E-state index in [0.717, 1.165) is 35.3 Å². The van der Waals surface area contributed by atoms with Crippen LogP contribution in [0.3, 0.4) is 0 Å². The predicted molar refractivity (Wildman–Crippen MR) is 107 cm³/mol. The van der Waals surface area contributed by atoms with E-state index >= 15 is 0 Å². The van der Waals surface area contributed by atoms with Gasteiger partial charge in [-0.25, -0.2) is 9.69 Å². The zero-order chi connectivity index (χ0) is 20.4. The third-order valence-electron chi connectivity index (χ3n) is 5.79. The van der Waals surface area contributed by atoms with Gasteiger partial charge >= 0.3 is 6.09 Å². The topological polar surface area (TPSA) is 75.7 Å². The zero-order valence-corrected chi connectivity index (χ0v) is 16.3. The molecule has 150 valence electrons. The van der Waals surface area contributed by atoms with Gasteiger partial charge in [-0.1, -0.05) is 60.7 Å². The smallest absolute Gasteiger partial charge is 0.418 e. The van der Waals surface area contributed by atoms with E-state index in [1.54, 1.807) is 6.92 Å². The summed E-state index contributed by atoms with van der Waals surface area (Å²) >= 11 is 0. The van der Waals surface area contributed by atoms with Gasteiger partial charge in [0.05, 0.1) is 6.04 Å². The standard InChI is InChI=1S/C23H24N2O4/c1-16(18-11-6-3-7-12-18)25-21(27)23(29-22(25)28,15-17-9-4-2-5-10-17)20(26)24-19-13-8-14-19/h2-7,9-12,16,19H,8,13-15H2,1H3,(H,24,26)/t16-,23-/m1/s1. The molecule has 1 aliphatic carbocycles. The predicted octanol–water partition coefficient (Wildman–Crippen LogP) is 3.38. The van der Waals surface area contributed by atoms with Crippen LogP contribution < -0.4 is 5.32 Å². The lowest BCUT2D eigenvalue weighted by Gasteiger charge is -2.31. The maximum Gasteiger partial charge on any atom is 0.418 e. The molecule has 1 heterocycles.